The van der Waals surface area contributed by atoms with Crippen molar-refractivity contribution in [3.8, 4) is 0 Å². The molecule has 1 rings (SSSR count). The maximum absolute atomic E-state index is 11.9. The molecule has 18 heavy (non-hydrogen) atoms. The lowest BCUT2D eigenvalue weighted by Gasteiger charge is -2.19. The largest absolute Gasteiger partial charge is 0.383 e. The minimum Gasteiger partial charge on any atom is -0.383 e. The molecule has 0 radical (unpaired) electrons. The van der Waals surface area contributed by atoms with Gasteiger partial charge in [0.25, 0.3) is 0 Å². The Morgan fingerprint density at radius 2 is 1.83 bits per heavy atom. The summed E-state index contributed by atoms with van der Waals surface area (Å²) >= 11 is 6.80. The lowest BCUT2D eigenvalue weighted by atomic mass is 10.3. The van der Waals surface area contributed by atoms with Crippen molar-refractivity contribution >= 4 is 47.4 Å². The van der Waals surface area contributed by atoms with Crippen molar-refractivity contribution in [2.45, 2.75) is 25.5 Å². The summed E-state index contributed by atoms with van der Waals surface area (Å²) in [4.78, 5) is 0. The van der Waals surface area contributed by atoms with E-state index in [2.05, 4.69) is 37.2 Å². The highest BCUT2D eigenvalue weighted by molar-refractivity contribution is 9.11. The van der Waals surface area contributed by atoms with Gasteiger partial charge in [0.05, 0.1) is 10.5 Å². The first-order chi connectivity index (χ1) is 8.13. The van der Waals surface area contributed by atoms with Crippen LogP contribution in [0.1, 0.15) is 20.8 Å². The monoisotopic (exact) mass is 397 g/mol. The zero-order valence-corrected chi connectivity index (χ0v) is 14.6. The van der Waals surface area contributed by atoms with E-state index in [-0.39, 0.29) is 5.75 Å². The number of halogens is 2. The third-order valence-electron chi connectivity index (χ3n) is 2.55. The number of hydrogen-bond donors (Lipinski definition) is 1. The molecule has 1 aromatic carbocycles. The maximum Gasteiger partial charge on any atom is 0.156 e. The number of anilines is 1. The zero-order valence-electron chi connectivity index (χ0n) is 10.6. The Labute approximate surface area is 126 Å². The normalized spacial score (nSPS) is 12.5. The molecule has 0 atom stereocenters. The lowest BCUT2D eigenvalue weighted by Crippen LogP contribution is -2.32. The third-order valence-corrected chi connectivity index (χ3v) is 6.34. The highest BCUT2D eigenvalue weighted by atomic mass is 79.9. The summed E-state index contributed by atoms with van der Waals surface area (Å²) < 4.78 is 25.0. The molecule has 0 spiro atoms. The van der Waals surface area contributed by atoms with Crippen LogP contribution in [0, 0.1) is 0 Å². The van der Waals surface area contributed by atoms with Gasteiger partial charge in [0.1, 0.15) is 0 Å². The number of sulfone groups is 1. The van der Waals surface area contributed by atoms with Crippen LogP contribution in [-0.2, 0) is 9.84 Å². The molecule has 0 heterocycles. The van der Waals surface area contributed by atoms with Crippen LogP contribution in [-0.4, -0.2) is 25.5 Å². The molecule has 0 amide bonds. The average molecular weight is 399 g/mol. The molecule has 0 aliphatic heterocycles. The van der Waals surface area contributed by atoms with Crippen molar-refractivity contribution in [3.63, 3.8) is 0 Å². The predicted octanol–water partition coefficient (Wildman–Crippen LogP) is 3.84. The van der Waals surface area contributed by atoms with Crippen LogP contribution in [0.15, 0.2) is 27.1 Å². The van der Waals surface area contributed by atoms with Crippen molar-refractivity contribution < 1.29 is 8.42 Å². The average Bonchev–Trinajstić information content (AvgIpc) is 2.21. The van der Waals surface area contributed by atoms with E-state index in [1.54, 1.807) is 20.8 Å². The van der Waals surface area contributed by atoms with Crippen LogP contribution in [0.4, 0.5) is 5.69 Å². The molecular formula is C12H17Br2NO2S. The number of rotatable bonds is 4. The molecule has 0 saturated carbocycles. The SMILES string of the molecule is CC(C)(C)S(=O)(=O)CCNc1cc(Br)ccc1Br. The van der Waals surface area contributed by atoms with Crippen LogP contribution in [0.5, 0.6) is 0 Å². The number of benzene rings is 1. The Balaban J connectivity index is 2.65. The van der Waals surface area contributed by atoms with Gasteiger partial charge in [0, 0.05) is 21.2 Å². The Bertz CT molecular complexity index is 521. The van der Waals surface area contributed by atoms with E-state index in [9.17, 15) is 8.42 Å². The first kappa shape index (κ1) is 16.0. The van der Waals surface area contributed by atoms with Crippen LogP contribution < -0.4 is 5.32 Å². The van der Waals surface area contributed by atoms with E-state index >= 15 is 0 Å². The zero-order chi connectivity index (χ0) is 14.0. The van der Waals surface area contributed by atoms with Gasteiger partial charge < -0.3 is 5.32 Å². The summed E-state index contributed by atoms with van der Waals surface area (Å²) in [5.74, 6) is 0.120. The van der Waals surface area contributed by atoms with E-state index in [1.165, 1.54) is 0 Å². The van der Waals surface area contributed by atoms with E-state index in [0.717, 1.165) is 14.6 Å². The molecule has 102 valence electrons. The van der Waals surface area contributed by atoms with Crippen molar-refractivity contribution in [2.24, 2.45) is 0 Å². The van der Waals surface area contributed by atoms with Gasteiger partial charge in [0.15, 0.2) is 9.84 Å². The Kier molecular flexibility index (Phi) is 5.26. The first-order valence-corrected chi connectivity index (χ1v) is 8.78. The molecule has 0 aromatic heterocycles. The third kappa shape index (κ3) is 4.24. The highest BCUT2D eigenvalue weighted by Gasteiger charge is 2.28. The fourth-order valence-electron chi connectivity index (χ4n) is 1.26. The van der Waals surface area contributed by atoms with E-state index in [1.807, 2.05) is 18.2 Å². The molecule has 0 aliphatic carbocycles. The van der Waals surface area contributed by atoms with Gasteiger partial charge in [-0.25, -0.2) is 8.42 Å². The van der Waals surface area contributed by atoms with Gasteiger partial charge in [-0.1, -0.05) is 15.9 Å². The van der Waals surface area contributed by atoms with Crippen molar-refractivity contribution in [1.82, 2.24) is 0 Å². The number of hydrogen-bond acceptors (Lipinski definition) is 3. The quantitative estimate of drug-likeness (QED) is 0.837. The maximum atomic E-state index is 11.9. The second kappa shape index (κ2) is 5.92. The molecular weight excluding hydrogens is 382 g/mol. The Hall–Kier alpha value is -0.0700. The van der Waals surface area contributed by atoms with Crippen LogP contribution in [0.3, 0.4) is 0 Å². The molecule has 0 bridgehead atoms. The van der Waals surface area contributed by atoms with Gasteiger partial charge in [-0.15, -0.1) is 0 Å². The standard InChI is InChI=1S/C12H17Br2NO2S/c1-12(2,3)18(16,17)7-6-15-11-8-9(13)4-5-10(11)14/h4-5,8,15H,6-7H2,1-3H3. The van der Waals surface area contributed by atoms with Crippen LogP contribution in [0.25, 0.3) is 0 Å². The molecule has 1 N–H and O–H groups in total. The lowest BCUT2D eigenvalue weighted by molar-refractivity contribution is 0.560. The summed E-state index contributed by atoms with van der Waals surface area (Å²) in [6.45, 7) is 5.56. The number of nitrogens with one attached hydrogen (secondary N) is 1. The smallest absolute Gasteiger partial charge is 0.156 e. The molecule has 0 saturated heterocycles. The summed E-state index contributed by atoms with van der Waals surface area (Å²) in [6.07, 6.45) is 0. The summed E-state index contributed by atoms with van der Waals surface area (Å²) in [5, 5.41) is 3.13. The summed E-state index contributed by atoms with van der Waals surface area (Å²) in [5.41, 5.74) is 0.883. The van der Waals surface area contributed by atoms with Crippen LogP contribution in [0.2, 0.25) is 0 Å². The van der Waals surface area contributed by atoms with Crippen molar-refractivity contribution in [1.29, 1.82) is 0 Å². The Morgan fingerprint density at radius 3 is 2.39 bits per heavy atom. The minimum absolute atomic E-state index is 0.120. The summed E-state index contributed by atoms with van der Waals surface area (Å²) in [6, 6.07) is 5.74. The predicted molar refractivity (Wildman–Crippen MR) is 83.9 cm³/mol. The van der Waals surface area contributed by atoms with Gasteiger partial charge in [0.2, 0.25) is 0 Å². The first-order valence-electron chi connectivity index (χ1n) is 5.55. The van der Waals surface area contributed by atoms with Gasteiger partial charge in [-0.05, 0) is 54.9 Å². The minimum atomic E-state index is -3.08. The second-order valence-corrected chi connectivity index (χ2v) is 9.61. The fraction of sp³-hybridized carbons (Fsp3) is 0.500. The highest BCUT2D eigenvalue weighted by Crippen LogP contribution is 2.26. The molecule has 0 aliphatic rings. The topological polar surface area (TPSA) is 46.2 Å². The second-order valence-electron chi connectivity index (χ2n) is 4.98. The molecule has 0 fully saturated rings. The van der Waals surface area contributed by atoms with Crippen molar-refractivity contribution in [3.05, 3.63) is 27.1 Å². The molecule has 3 nitrogen and oxygen atoms in total. The fourth-order valence-corrected chi connectivity index (χ4v) is 2.99. The van der Waals surface area contributed by atoms with E-state index in [0.29, 0.717) is 6.54 Å². The molecule has 1 aromatic rings. The summed E-state index contributed by atoms with van der Waals surface area (Å²) in [7, 11) is -3.08. The van der Waals surface area contributed by atoms with Gasteiger partial charge in [-0.2, -0.15) is 0 Å². The van der Waals surface area contributed by atoms with E-state index < -0.39 is 14.6 Å². The Morgan fingerprint density at radius 1 is 1.22 bits per heavy atom. The van der Waals surface area contributed by atoms with Gasteiger partial charge >= 0.3 is 0 Å². The van der Waals surface area contributed by atoms with E-state index in [4.69, 9.17) is 0 Å². The van der Waals surface area contributed by atoms with Gasteiger partial charge in [-0.3, -0.25) is 0 Å². The van der Waals surface area contributed by atoms with Crippen molar-refractivity contribution in [2.75, 3.05) is 17.6 Å². The molecule has 6 heteroatoms. The molecule has 0 unspecified atom stereocenters. The van der Waals surface area contributed by atoms with Crippen LogP contribution >= 0.6 is 31.9 Å².